The number of esters is 1. The van der Waals surface area contributed by atoms with Crippen LogP contribution in [-0.4, -0.2) is 22.6 Å². The second kappa shape index (κ2) is 7.13. The Labute approximate surface area is 141 Å². The van der Waals surface area contributed by atoms with Gasteiger partial charge >= 0.3 is 5.97 Å². The van der Waals surface area contributed by atoms with Crippen molar-refractivity contribution in [3.63, 3.8) is 0 Å². The number of hydrogen-bond acceptors (Lipinski definition) is 3. The van der Waals surface area contributed by atoms with Crippen molar-refractivity contribution in [1.82, 2.24) is 9.55 Å². The molecule has 3 aromatic rings. The molecule has 0 bridgehead atoms. The maximum absolute atomic E-state index is 12.2. The van der Waals surface area contributed by atoms with E-state index < -0.39 is 6.04 Å². The zero-order chi connectivity index (χ0) is 16.9. The van der Waals surface area contributed by atoms with E-state index in [0.717, 1.165) is 22.5 Å². The fourth-order valence-electron chi connectivity index (χ4n) is 2.90. The lowest BCUT2D eigenvalue weighted by atomic mass is 10.0. The first-order valence-corrected chi connectivity index (χ1v) is 8.01. The van der Waals surface area contributed by atoms with Gasteiger partial charge < -0.3 is 9.30 Å². The normalized spacial score (nSPS) is 11.9. The summed E-state index contributed by atoms with van der Waals surface area (Å²) in [7, 11) is 1.42. The predicted octanol–water partition coefficient (Wildman–Crippen LogP) is 4.34. The third-order valence-corrected chi connectivity index (χ3v) is 4.08. The summed E-state index contributed by atoms with van der Waals surface area (Å²) in [6, 6.07) is 19.6. The number of imidazole rings is 1. The van der Waals surface area contributed by atoms with Crippen LogP contribution in [0.4, 0.5) is 0 Å². The topological polar surface area (TPSA) is 44.1 Å². The summed E-state index contributed by atoms with van der Waals surface area (Å²) in [5.41, 5.74) is 3.84. The summed E-state index contributed by atoms with van der Waals surface area (Å²) >= 11 is 0. The van der Waals surface area contributed by atoms with E-state index in [4.69, 9.17) is 4.74 Å². The van der Waals surface area contributed by atoms with Crippen molar-refractivity contribution in [2.75, 3.05) is 7.11 Å². The van der Waals surface area contributed by atoms with Crippen molar-refractivity contribution in [1.29, 1.82) is 0 Å². The molecule has 0 saturated heterocycles. The molecular weight excluding hydrogens is 300 g/mol. The van der Waals surface area contributed by atoms with Gasteiger partial charge in [0.2, 0.25) is 0 Å². The first kappa shape index (κ1) is 16.0. The van der Waals surface area contributed by atoms with Crippen molar-refractivity contribution >= 4 is 5.97 Å². The van der Waals surface area contributed by atoms with Crippen LogP contribution in [0.25, 0.3) is 22.5 Å². The zero-order valence-corrected chi connectivity index (χ0v) is 13.8. The van der Waals surface area contributed by atoms with E-state index in [1.807, 2.05) is 72.2 Å². The SMILES string of the molecule is CCC(C(=O)OC)n1cnc(-c2ccccc2)c1-c1ccccc1. The van der Waals surface area contributed by atoms with Gasteiger partial charge in [-0.2, -0.15) is 0 Å². The highest BCUT2D eigenvalue weighted by atomic mass is 16.5. The Morgan fingerprint density at radius 3 is 2.17 bits per heavy atom. The van der Waals surface area contributed by atoms with Crippen molar-refractivity contribution in [2.45, 2.75) is 19.4 Å². The number of nitrogens with zero attached hydrogens (tertiary/aromatic N) is 2. The number of ether oxygens (including phenoxy) is 1. The lowest BCUT2D eigenvalue weighted by Crippen LogP contribution is -2.20. The number of rotatable bonds is 5. The Kier molecular flexibility index (Phi) is 4.75. The maximum Gasteiger partial charge on any atom is 0.328 e. The summed E-state index contributed by atoms with van der Waals surface area (Å²) in [5.74, 6) is -0.258. The molecule has 0 amide bonds. The Morgan fingerprint density at radius 1 is 1.04 bits per heavy atom. The number of carbonyl (C=O) groups excluding carboxylic acids is 1. The second-order valence-corrected chi connectivity index (χ2v) is 5.53. The van der Waals surface area contributed by atoms with Crippen molar-refractivity contribution < 1.29 is 9.53 Å². The van der Waals surface area contributed by atoms with Gasteiger partial charge in [0, 0.05) is 11.1 Å². The summed E-state index contributed by atoms with van der Waals surface area (Å²) in [6.07, 6.45) is 2.37. The molecule has 0 aliphatic heterocycles. The molecule has 24 heavy (non-hydrogen) atoms. The molecule has 0 spiro atoms. The lowest BCUT2D eigenvalue weighted by Gasteiger charge is -2.18. The van der Waals surface area contributed by atoms with Gasteiger partial charge in [-0.25, -0.2) is 9.78 Å². The summed E-state index contributed by atoms with van der Waals surface area (Å²) in [6.45, 7) is 1.97. The fraction of sp³-hybridized carbons (Fsp3) is 0.200. The van der Waals surface area contributed by atoms with Crippen LogP contribution >= 0.6 is 0 Å². The van der Waals surface area contributed by atoms with E-state index in [9.17, 15) is 4.79 Å². The van der Waals surface area contributed by atoms with Gasteiger partial charge in [-0.3, -0.25) is 0 Å². The van der Waals surface area contributed by atoms with Gasteiger partial charge in [0.1, 0.15) is 6.04 Å². The first-order chi connectivity index (χ1) is 11.8. The molecule has 0 fully saturated rings. The minimum atomic E-state index is -0.393. The van der Waals surface area contributed by atoms with Crippen LogP contribution in [0.2, 0.25) is 0 Å². The Bertz CT molecular complexity index is 810. The standard InChI is InChI=1S/C20H20N2O2/c1-3-17(20(23)24-2)22-14-21-18(15-10-6-4-7-11-15)19(22)16-12-8-5-9-13-16/h4-14,17H,3H2,1-2H3. The average molecular weight is 320 g/mol. The molecule has 0 radical (unpaired) electrons. The number of benzene rings is 2. The van der Waals surface area contributed by atoms with Crippen LogP contribution in [0.3, 0.4) is 0 Å². The third-order valence-electron chi connectivity index (χ3n) is 4.08. The fourth-order valence-corrected chi connectivity index (χ4v) is 2.90. The third kappa shape index (κ3) is 2.95. The summed E-state index contributed by atoms with van der Waals surface area (Å²) in [4.78, 5) is 16.8. The van der Waals surface area contributed by atoms with E-state index >= 15 is 0 Å². The van der Waals surface area contributed by atoms with Crippen LogP contribution < -0.4 is 0 Å². The zero-order valence-electron chi connectivity index (χ0n) is 13.8. The highest BCUT2D eigenvalue weighted by Crippen LogP contribution is 2.34. The monoisotopic (exact) mass is 320 g/mol. The minimum absolute atomic E-state index is 0.258. The van der Waals surface area contributed by atoms with Gasteiger partial charge in [0.15, 0.2) is 0 Å². The van der Waals surface area contributed by atoms with Gasteiger partial charge in [-0.1, -0.05) is 67.6 Å². The van der Waals surface area contributed by atoms with Crippen LogP contribution in [0.5, 0.6) is 0 Å². The Balaban J connectivity index is 2.21. The number of carbonyl (C=O) groups is 1. The Hall–Kier alpha value is -2.88. The van der Waals surface area contributed by atoms with Gasteiger partial charge in [0.05, 0.1) is 24.8 Å². The molecular formula is C20H20N2O2. The van der Waals surface area contributed by atoms with Crippen LogP contribution in [-0.2, 0) is 9.53 Å². The van der Waals surface area contributed by atoms with E-state index in [1.165, 1.54) is 7.11 Å². The van der Waals surface area contributed by atoms with E-state index in [1.54, 1.807) is 6.33 Å². The molecule has 1 heterocycles. The summed E-state index contributed by atoms with van der Waals surface area (Å²) < 4.78 is 6.90. The molecule has 0 N–H and O–H groups in total. The van der Waals surface area contributed by atoms with E-state index in [-0.39, 0.29) is 5.97 Å². The van der Waals surface area contributed by atoms with Gasteiger partial charge in [-0.15, -0.1) is 0 Å². The number of hydrogen-bond donors (Lipinski definition) is 0. The highest BCUT2D eigenvalue weighted by Gasteiger charge is 2.25. The molecule has 0 saturated carbocycles. The number of aromatic nitrogens is 2. The molecule has 4 heteroatoms. The lowest BCUT2D eigenvalue weighted by molar-refractivity contribution is -0.144. The molecule has 1 unspecified atom stereocenters. The second-order valence-electron chi connectivity index (χ2n) is 5.53. The molecule has 0 aliphatic rings. The molecule has 2 aromatic carbocycles. The van der Waals surface area contributed by atoms with E-state index in [2.05, 4.69) is 4.98 Å². The van der Waals surface area contributed by atoms with Crippen LogP contribution in [0.15, 0.2) is 67.0 Å². The largest absolute Gasteiger partial charge is 0.467 e. The van der Waals surface area contributed by atoms with Crippen LogP contribution in [0, 0.1) is 0 Å². The first-order valence-electron chi connectivity index (χ1n) is 8.01. The highest BCUT2D eigenvalue weighted by molar-refractivity contribution is 5.81. The van der Waals surface area contributed by atoms with Crippen LogP contribution in [0.1, 0.15) is 19.4 Å². The molecule has 122 valence electrons. The van der Waals surface area contributed by atoms with Crippen molar-refractivity contribution in [3.8, 4) is 22.5 Å². The van der Waals surface area contributed by atoms with Gasteiger partial charge in [0.25, 0.3) is 0 Å². The molecule has 4 nitrogen and oxygen atoms in total. The van der Waals surface area contributed by atoms with Gasteiger partial charge in [-0.05, 0) is 6.42 Å². The smallest absolute Gasteiger partial charge is 0.328 e. The molecule has 3 rings (SSSR count). The molecule has 1 atom stereocenters. The number of methoxy groups -OCH3 is 1. The minimum Gasteiger partial charge on any atom is -0.467 e. The van der Waals surface area contributed by atoms with Crippen molar-refractivity contribution in [2.24, 2.45) is 0 Å². The maximum atomic E-state index is 12.2. The Morgan fingerprint density at radius 2 is 1.62 bits per heavy atom. The molecule has 0 aliphatic carbocycles. The predicted molar refractivity (Wildman–Crippen MR) is 94.4 cm³/mol. The molecule has 1 aromatic heterocycles. The van der Waals surface area contributed by atoms with Crippen molar-refractivity contribution in [3.05, 3.63) is 67.0 Å². The summed E-state index contributed by atoms with van der Waals surface area (Å²) in [5, 5.41) is 0. The van der Waals surface area contributed by atoms with E-state index in [0.29, 0.717) is 6.42 Å². The quantitative estimate of drug-likeness (QED) is 0.657. The average Bonchev–Trinajstić information content (AvgIpc) is 3.08.